The van der Waals surface area contributed by atoms with Crippen molar-refractivity contribution in [1.82, 2.24) is 15.3 Å². The van der Waals surface area contributed by atoms with E-state index in [-0.39, 0.29) is 17.3 Å². The maximum Gasteiger partial charge on any atom is 0.271 e. The molecule has 2 rings (SSSR count). The number of aliphatic hydroxyl groups is 1. The fourth-order valence-electron chi connectivity index (χ4n) is 1.33. The first-order chi connectivity index (χ1) is 8.68. The molecule has 2 N–H and O–H groups in total. The molecule has 2 heterocycles. The van der Waals surface area contributed by atoms with Crippen LogP contribution in [0.1, 0.15) is 22.4 Å². The van der Waals surface area contributed by atoms with Crippen LogP contribution < -0.4 is 5.32 Å². The summed E-state index contributed by atoms with van der Waals surface area (Å²) in [5, 5.41) is 12.4. The van der Waals surface area contributed by atoms with E-state index in [0.29, 0.717) is 5.76 Å². The molecule has 0 bridgehead atoms. The minimum atomic E-state index is -0.912. The van der Waals surface area contributed by atoms with Crippen LogP contribution in [0.5, 0.6) is 0 Å². The van der Waals surface area contributed by atoms with Crippen molar-refractivity contribution in [3.05, 3.63) is 47.4 Å². The molecule has 0 aliphatic rings. The van der Waals surface area contributed by atoms with Gasteiger partial charge in [0.25, 0.3) is 5.91 Å². The topological polar surface area (TPSA) is 88.2 Å². The zero-order valence-corrected chi connectivity index (χ0v) is 9.96. The Morgan fingerprint density at radius 3 is 3.11 bits per heavy atom. The second-order valence-corrected chi connectivity index (χ2v) is 3.87. The summed E-state index contributed by atoms with van der Waals surface area (Å²) in [5.74, 6) is -0.0999. The Bertz CT molecular complexity index is 530. The lowest BCUT2D eigenvalue weighted by Crippen LogP contribution is -2.29. The van der Waals surface area contributed by atoms with E-state index in [9.17, 15) is 9.90 Å². The number of furan rings is 1. The van der Waals surface area contributed by atoms with Gasteiger partial charge in [-0.3, -0.25) is 4.79 Å². The molecular weight excluding hydrogens is 258 g/mol. The van der Waals surface area contributed by atoms with Gasteiger partial charge in [0.15, 0.2) is 0 Å². The third kappa shape index (κ3) is 2.85. The fourth-order valence-corrected chi connectivity index (χ4v) is 1.53. The summed E-state index contributed by atoms with van der Waals surface area (Å²) in [6, 6.07) is 3.27. The molecule has 94 valence electrons. The second kappa shape index (κ2) is 5.61. The van der Waals surface area contributed by atoms with Gasteiger partial charge in [0, 0.05) is 6.20 Å². The van der Waals surface area contributed by atoms with E-state index in [1.165, 1.54) is 18.8 Å². The number of carbonyl (C=O) groups excluding carboxylic acids is 1. The number of nitrogens with one attached hydrogen (secondary N) is 1. The van der Waals surface area contributed by atoms with E-state index >= 15 is 0 Å². The summed E-state index contributed by atoms with van der Waals surface area (Å²) in [6.45, 7) is 0.00663. The number of amides is 1. The number of halogens is 1. The number of hydrogen-bond acceptors (Lipinski definition) is 5. The zero-order valence-electron chi connectivity index (χ0n) is 9.21. The van der Waals surface area contributed by atoms with Gasteiger partial charge in [0.2, 0.25) is 0 Å². The number of nitrogens with zero attached hydrogens (tertiary/aromatic N) is 2. The normalized spacial score (nSPS) is 12.1. The third-order valence-electron chi connectivity index (χ3n) is 2.21. The van der Waals surface area contributed by atoms with Crippen molar-refractivity contribution in [3.63, 3.8) is 0 Å². The summed E-state index contributed by atoms with van der Waals surface area (Å²) < 4.78 is 5.00. The quantitative estimate of drug-likeness (QED) is 0.869. The summed E-state index contributed by atoms with van der Waals surface area (Å²) >= 11 is 5.77. The maximum absolute atomic E-state index is 11.7. The number of carbonyl (C=O) groups is 1. The molecule has 2 aromatic heterocycles. The molecule has 0 radical (unpaired) electrons. The van der Waals surface area contributed by atoms with Crippen molar-refractivity contribution in [2.75, 3.05) is 6.54 Å². The Kier molecular flexibility index (Phi) is 3.91. The Morgan fingerprint density at radius 2 is 2.44 bits per heavy atom. The molecule has 1 atom stereocenters. The summed E-state index contributed by atoms with van der Waals surface area (Å²) in [6.07, 6.45) is 3.09. The average molecular weight is 268 g/mol. The van der Waals surface area contributed by atoms with Crippen molar-refractivity contribution < 1.29 is 14.3 Å². The average Bonchev–Trinajstić information content (AvgIpc) is 2.90. The van der Waals surface area contributed by atoms with Gasteiger partial charge in [-0.25, -0.2) is 9.97 Å². The van der Waals surface area contributed by atoms with Gasteiger partial charge in [-0.1, -0.05) is 11.6 Å². The molecule has 0 saturated carbocycles. The fraction of sp³-hybridized carbons (Fsp3) is 0.182. The molecule has 0 aromatic carbocycles. The molecule has 7 heteroatoms. The molecule has 1 amide bonds. The molecule has 6 nitrogen and oxygen atoms in total. The van der Waals surface area contributed by atoms with Crippen LogP contribution in [0.25, 0.3) is 0 Å². The number of aromatic nitrogens is 2. The first-order valence-corrected chi connectivity index (χ1v) is 5.51. The smallest absolute Gasteiger partial charge is 0.271 e. The molecule has 0 fully saturated rings. The number of rotatable bonds is 4. The van der Waals surface area contributed by atoms with Gasteiger partial charge in [0.05, 0.1) is 17.8 Å². The Labute approximate surface area is 108 Å². The van der Waals surface area contributed by atoms with Gasteiger partial charge in [-0.05, 0) is 12.1 Å². The molecule has 1 unspecified atom stereocenters. The SMILES string of the molecule is O=C(NCC(O)c1ccco1)c1ncncc1Cl. The third-order valence-corrected chi connectivity index (χ3v) is 2.49. The van der Waals surface area contributed by atoms with Gasteiger partial charge in [0.1, 0.15) is 23.9 Å². The number of hydrogen-bond donors (Lipinski definition) is 2. The van der Waals surface area contributed by atoms with Crippen LogP contribution in [0.3, 0.4) is 0 Å². The molecule has 0 saturated heterocycles. The summed E-state index contributed by atoms with van der Waals surface area (Å²) in [4.78, 5) is 19.1. The predicted molar refractivity (Wildman–Crippen MR) is 63.0 cm³/mol. The lowest BCUT2D eigenvalue weighted by molar-refractivity contribution is 0.0896. The van der Waals surface area contributed by atoms with E-state index in [1.807, 2.05) is 0 Å². The van der Waals surface area contributed by atoms with Crippen molar-refractivity contribution in [1.29, 1.82) is 0 Å². The van der Waals surface area contributed by atoms with Crippen molar-refractivity contribution in [2.24, 2.45) is 0 Å². The molecule has 18 heavy (non-hydrogen) atoms. The lowest BCUT2D eigenvalue weighted by Gasteiger charge is -2.09. The minimum absolute atomic E-state index is 0.00663. The van der Waals surface area contributed by atoms with E-state index < -0.39 is 12.0 Å². The molecular formula is C11H10ClN3O3. The molecule has 2 aromatic rings. The van der Waals surface area contributed by atoms with E-state index in [0.717, 1.165) is 0 Å². The maximum atomic E-state index is 11.7. The lowest BCUT2D eigenvalue weighted by atomic mass is 10.2. The number of aliphatic hydroxyl groups excluding tert-OH is 1. The predicted octanol–water partition coefficient (Wildman–Crippen LogP) is 1.19. The highest BCUT2D eigenvalue weighted by molar-refractivity contribution is 6.33. The molecule has 0 aliphatic heterocycles. The second-order valence-electron chi connectivity index (χ2n) is 3.46. The van der Waals surface area contributed by atoms with Crippen molar-refractivity contribution in [2.45, 2.75) is 6.10 Å². The first kappa shape index (κ1) is 12.5. The Balaban J connectivity index is 1.95. The van der Waals surface area contributed by atoms with Crippen LogP contribution in [0.2, 0.25) is 5.02 Å². The summed E-state index contributed by atoms with van der Waals surface area (Å²) in [5.41, 5.74) is 0.0679. The largest absolute Gasteiger partial charge is 0.467 e. The minimum Gasteiger partial charge on any atom is -0.467 e. The van der Waals surface area contributed by atoms with E-state index in [4.69, 9.17) is 16.0 Å². The van der Waals surface area contributed by atoms with Crippen molar-refractivity contribution >= 4 is 17.5 Å². The van der Waals surface area contributed by atoms with E-state index in [1.54, 1.807) is 12.1 Å². The van der Waals surface area contributed by atoms with Crippen LogP contribution in [-0.4, -0.2) is 27.5 Å². The Morgan fingerprint density at radius 1 is 1.61 bits per heavy atom. The monoisotopic (exact) mass is 267 g/mol. The summed E-state index contributed by atoms with van der Waals surface area (Å²) in [7, 11) is 0. The van der Waals surface area contributed by atoms with E-state index in [2.05, 4.69) is 15.3 Å². The highest BCUT2D eigenvalue weighted by Gasteiger charge is 2.15. The highest BCUT2D eigenvalue weighted by atomic mass is 35.5. The Hall–Kier alpha value is -1.92. The van der Waals surface area contributed by atoms with Crippen molar-refractivity contribution in [3.8, 4) is 0 Å². The van der Waals surface area contributed by atoms with Crippen LogP contribution in [0.15, 0.2) is 35.3 Å². The molecule has 0 spiro atoms. The van der Waals surface area contributed by atoms with Crippen LogP contribution in [-0.2, 0) is 0 Å². The highest BCUT2D eigenvalue weighted by Crippen LogP contribution is 2.13. The van der Waals surface area contributed by atoms with Gasteiger partial charge < -0.3 is 14.8 Å². The van der Waals surface area contributed by atoms with Crippen LogP contribution in [0.4, 0.5) is 0 Å². The molecule has 0 aliphatic carbocycles. The van der Waals surface area contributed by atoms with Gasteiger partial charge in [-0.15, -0.1) is 0 Å². The van der Waals surface area contributed by atoms with Crippen LogP contribution in [0, 0.1) is 0 Å². The van der Waals surface area contributed by atoms with Gasteiger partial charge >= 0.3 is 0 Å². The first-order valence-electron chi connectivity index (χ1n) is 5.13. The standard InChI is InChI=1S/C11H10ClN3O3/c12-7-4-13-6-15-10(7)11(17)14-5-8(16)9-2-1-3-18-9/h1-4,6,8,16H,5H2,(H,14,17). The zero-order chi connectivity index (χ0) is 13.0. The van der Waals surface area contributed by atoms with Gasteiger partial charge in [-0.2, -0.15) is 0 Å². The van der Waals surface area contributed by atoms with Crippen LogP contribution >= 0.6 is 11.6 Å².